The third-order valence-electron chi connectivity index (χ3n) is 10.7. The Morgan fingerprint density at radius 1 is 0.448 bits per heavy atom. The van der Waals surface area contributed by atoms with E-state index in [1.807, 2.05) is 0 Å². The Kier molecular flexibility index (Phi) is 16.5. The monoisotopic (exact) mass is 853 g/mol. The van der Waals surface area contributed by atoms with E-state index in [-0.39, 0.29) is 0 Å². The van der Waals surface area contributed by atoms with E-state index >= 15 is 0 Å². The molecule has 0 saturated carbocycles. The molecule has 0 aromatic heterocycles. The van der Waals surface area contributed by atoms with E-state index in [1.54, 1.807) is 0 Å². The lowest BCUT2D eigenvalue weighted by Crippen LogP contribution is -2.70. The van der Waals surface area contributed by atoms with Gasteiger partial charge in [-0.3, -0.25) is 4.79 Å². The number of ether oxygens (including phenoxy) is 9. The third-order valence-corrected chi connectivity index (χ3v) is 10.7. The van der Waals surface area contributed by atoms with Crippen molar-refractivity contribution in [1.82, 2.24) is 5.32 Å². The van der Waals surface area contributed by atoms with Crippen molar-refractivity contribution in [3.8, 4) is 0 Å². The number of aliphatic hydroxyl groups is 15. The summed E-state index contributed by atoms with van der Waals surface area (Å²) in [4.78, 5) is 12.6. The number of hydrogen-bond donors (Lipinski definition) is 16. The molecule has 0 aromatic rings. The standard InChI is InChI=1S/C32H55NO25/c1-7-14(39)18(43)22(47)30(50-7)58-27-19(44)15(40)9(3-34)54-32(27)56-25-13(33-8(2)38)29(52-10(4-35)16(25)41)57-26-17(42)11(5-36)53-31(23(26)48)55-24-12(6-37)51-28(49)21(46)20(24)45/h7,9-32,34-37,39-49H,3-6H2,1-2H3,(H,33,38)/t7-,9+,10+,11+,12+,13+,14+,15-,16-,17-,18+,19-,20+,21+,22-,23+,24-,25+,26-,27+,28?,29-,30-,31+,32-/m0/s1. The van der Waals surface area contributed by atoms with Crippen molar-refractivity contribution in [3.05, 3.63) is 0 Å². The van der Waals surface area contributed by atoms with E-state index in [0.717, 1.165) is 6.92 Å². The van der Waals surface area contributed by atoms with E-state index in [2.05, 4.69) is 5.32 Å². The van der Waals surface area contributed by atoms with Crippen LogP contribution in [0.5, 0.6) is 0 Å². The maximum Gasteiger partial charge on any atom is 0.217 e. The Bertz CT molecular complexity index is 1310. The maximum absolute atomic E-state index is 12.6. The molecule has 5 fully saturated rings. The lowest BCUT2D eigenvalue weighted by molar-refractivity contribution is -0.390. The SMILES string of the molecule is CC(=O)N[C@H]1[C@H](O[C@H]2[C@@H](O)[C@@H](CO)O[C@H](O[C@@H]3[C@H](O)[C@@H](O)C(O)O[C@@H]3CO)[C@@H]2O)O[C@H](CO)[C@H](O)[C@@H]1O[C@@H]1O[C@H](CO)[C@H](O)[C@H](O)[C@H]1O[C@@H]1O[C@@H](C)[C@@H](O)[C@@H](O)[C@@H]1O. The second-order valence-corrected chi connectivity index (χ2v) is 14.7. The predicted octanol–water partition coefficient (Wildman–Crippen LogP) is -10.8. The lowest BCUT2D eigenvalue weighted by atomic mass is 9.94. The van der Waals surface area contributed by atoms with Crippen LogP contribution < -0.4 is 5.32 Å². The molecule has 0 radical (unpaired) electrons. The molecule has 5 aliphatic heterocycles. The molecule has 0 spiro atoms. The number of hydrogen-bond acceptors (Lipinski definition) is 25. The minimum Gasteiger partial charge on any atom is -0.394 e. The van der Waals surface area contributed by atoms with E-state index in [4.69, 9.17) is 42.6 Å². The molecule has 26 nitrogen and oxygen atoms in total. The molecule has 5 aliphatic rings. The fourth-order valence-electron chi connectivity index (χ4n) is 7.35. The Morgan fingerprint density at radius 2 is 0.914 bits per heavy atom. The Labute approximate surface area is 329 Å². The van der Waals surface area contributed by atoms with Crippen molar-refractivity contribution >= 4 is 5.91 Å². The summed E-state index contributed by atoms with van der Waals surface area (Å²) in [6.07, 6.45) is -43.4. The molecule has 25 atom stereocenters. The van der Waals surface area contributed by atoms with Crippen molar-refractivity contribution < 1.29 is 124 Å². The zero-order valence-electron chi connectivity index (χ0n) is 31.1. The van der Waals surface area contributed by atoms with Crippen LogP contribution in [0.25, 0.3) is 0 Å². The first-order valence-electron chi connectivity index (χ1n) is 18.5. The molecule has 5 heterocycles. The highest BCUT2D eigenvalue weighted by atomic mass is 16.8. The van der Waals surface area contributed by atoms with Crippen LogP contribution in [0, 0.1) is 0 Å². The summed E-state index contributed by atoms with van der Waals surface area (Å²) in [5, 5.41) is 160. The average molecular weight is 854 g/mol. The van der Waals surface area contributed by atoms with Gasteiger partial charge in [-0.05, 0) is 6.92 Å². The first-order valence-corrected chi connectivity index (χ1v) is 18.5. The summed E-state index contributed by atoms with van der Waals surface area (Å²) in [5.74, 6) is -0.823. The van der Waals surface area contributed by atoms with E-state index in [0.29, 0.717) is 0 Å². The van der Waals surface area contributed by atoms with E-state index in [1.165, 1.54) is 6.92 Å². The smallest absolute Gasteiger partial charge is 0.217 e. The fourth-order valence-corrected chi connectivity index (χ4v) is 7.35. The van der Waals surface area contributed by atoms with Crippen LogP contribution in [0.15, 0.2) is 0 Å². The summed E-state index contributed by atoms with van der Waals surface area (Å²) in [5.41, 5.74) is 0. The van der Waals surface area contributed by atoms with Crippen LogP contribution in [-0.4, -0.2) is 262 Å². The maximum atomic E-state index is 12.6. The highest BCUT2D eigenvalue weighted by Gasteiger charge is 2.57. The normalized spacial score (nSPS) is 51.6. The molecular weight excluding hydrogens is 798 g/mol. The highest BCUT2D eigenvalue weighted by molar-refractivity contribution is 5.73. The van der Waals surface area contributed by atoms with E-state index in [9.17, 15) is 81.4 Å². The minimum absolute atomic E-state index is 0.823. The zero-order chi connectivity index (χ0) is 42.9. The number of amides is 1. The predicted molar refractivity (Wildman–Crippen MR) is 177 cm³/mol. The molecule has 0 aliphatic carbocycles. The van der Waals surface area contributed by atoms with Gasteiger partial charge in [-0.25, -0.2) is 0 Å². The summed E-state index contributed by atoms with van der Waals surface area (Å²) in [6.45, 7) is -1.34. The molecule has 0 aromatic carbocycles. The highest BCUT2D eigenvalue weighted by Crippen LogP contribution is 2.36. The third kappa shape index (κ3) is 9.75. The molecule has 1 unspecified atom stereocenters. The van der Waals surface area contributed by atoms with Crippen LogP contribution in [0.4, 0.5) is 0 Å². The summed E-state index contributed by atoms with van der Waals surface area (Å²) < 4.78 is 50.8. The van der Waals surface area contributed by atoms with Gasteiger partial charge in [-0.15, -0.1) is 0 Å². The molecule has 58 heavy (non-hydrogen) atoms. The first kappa shape index (κ1) is 47.6. The molecule has 26 heteroatoms. The van der Waals surface area contributed by atoms with Gasteiger partial charge in [0.1, 0.15) is 116 Å². The number of nitrogens with one attached hydrogen (secondary N) is 1. The molecule has 0 bridgehead atoms. The van der Waals surface area contributed by atoms with Crippen LogP contribution in [0.1, 0.15) is 13.8 Å². The molecule has 338 valence electrons. The lowest BCUT2D eigenvalue weighted by Gasteiger charge is -2.50. The zero-order valence-corrected chi connectivity index (χ0v) is 31.1. The van der Waals surface area contributed by atoms with Crippen LogP contribution >= 0.6 is 0 Å². The van der Waals surface area contributed by atoms with Crippen molar-refractivity contribution in [3.63, 3.8) is 0 Å². The molecule has 5 rings (SSSR count). The van der Waals surface area contributed by atoms with Crippen LogP contribution in [0.2, 0.25) is 0 Å². The number of carbonyl (C=O) groups excluding carboxylic acids is 1. The van der Waals surface area contributed by atoms with Crippen molar-refractivity contribution in [2.24, 2.45) is 0 Å². The largest absolute Gasteiger partial charge is 0.394 e. The molecular formula is C32H55NO25. The van der Waals surface area contributed by atoms with Crippen molar-refractivity contribution in [1.29, 1.82) is 0 Å². The molecule has 16 N–H and O–H groups in total. The van der Waals surface area contributed by atoms with E-state index < -0.39 is 186 Å². The van der Waals surface area contributed by atoms with Gasteiger partial charge >= 0.3 is 0 Å². The van der Waals surface area contributed by atoms with Gasteiger partial charge in [-0.2, -0.15) is 0 Å². The quantitative estimate of drug-likeness (QED) is 0.0818. The topological polar surface area (TPSA) is 416 Å². The van der Waals surface area contributed by atoms with Crippen LogP contribution in [0.3, 0.4) is 0 Å². The van der Waals surface area contributed by atoms with Gasteiger partial charge in [0.2, 0.25) is 5.91 Å². The Morgan fingerprint density at radius 3 is 1.50 bits per heavy atom. The Balaban J connectivity index is 1.44. The summed E-state index contributed by atoms with van der Waals surface area (Å²) >= 11 is 0. The van der Waals surface area contributed by atoms with Gasteiger partial charge in [0.15, 0.2) is 31.5 Å². The fraction of sp³-hybridized carbons (Fsp3) is 0.969. The molecule has 1 amide bonds. The first-order chi connectivity index (χ1) is 27.4. The van der Waals surface area contributed by atoms with Gasteiger partial charge in [-0.1, -0.05) is 0 Å². The summed E-state index contributed by atoms with van der Waals surface area (Å²) in [6, 6.07) is -1.72. The number of carbonyl (C=O) groups is 1. The van der Waals surface area contributed by atoms with Gasteiger partial charge in [0, 0.05) is 6.92 Å². The average Bonchev–Trinajstić information content (AvgIpc) is 3.19. The van der Waals surface area contributed by atoms with Crippen molar-refractivity contribution in [2.45, 2.75) is 167 Å². The van der Waals surface area contributed by atoms with Gasteiger partial charge < -0.3 is 125 Å². The van der Waals surface area contributed by atoms with Crippen molar-refractivity contribution in [2.75, 3.05) is 26.4 Å². The second kappa shape index (κ2) is 20.1. The molecule has 5 saturated heterocycles. The van der Waals surface area contributed by atoms with Crippen LogP contribution in [-0.2, 0) is 47.4 Å². The van der Waals surface area contributed by atoms with Gasteiger partial charge in [0.25, 0.3) is 0 Å². The second-order valence-electron chi connectivity index (χ2n) is 14.7. The summed E-state index contributed by atoms with van der Waals surface area (Å²) in [7, 11) is 0. The number of rotatable bonds is 13. The van der Waals surface area contributed by atoms with Gasteiger partial charge in [0.05, 0.1) is 32.5 Å². The minimum atomic E-state index is -2.10. The number of aliphatic hydroxyl groups excluding tert-OH is 15. The Hall–Kier alpha value is -1.49.